The molecule has 34 heavy (non-hydrogen) atoms. The molecule has 3 aromatic carbocycles. The van der Waals surface area contributed by atoms with E-state index in [1.54, 1.807) is 56.6 Å². The summed E-state index contributed by atoms with van der Waals surface area (Å²) in [4.78, 5) is 3.30. The van der Waals surface area contributed by atoms with Crippen LogP contribution in [0.1, 0.15) is 6.92 Å². The van der Waals surface area contributed by atoms with E-state index in [9.17, 15) is 12.8 Å². The van der Waals surface area contributed by atoms with Crippen LogP contribution in [0.5, 0.6) is 5.75 Å². The van der Waals surface area contributed by atoms with Gasteiger partial charge in [0.15, 0.2) is 0 Å². The van der Waals surface area contributed by atoms with Gasteiger partial charge in [-0.05, 0) is 73.7 Å². The van der Waals surface area contributed by atoms with Gasteiger partial charge in [-0.1, -0.05) is 0 Å². The summed E-state index contributed by atoms with van der Waals surface area (Å²) in [6.45, 7) is 1.96. The Balaban J connectivity index is 1.33. The van der Waals surface area contributed by atoms with Crippen LogP contribution >= 0.6 is 0 Å². The first-order valence-electron chi connectivity index (χ1n) is 10.7. The van der Waals surface area contributed by atoms with Crippen molar-refractivity contribution >= 4 is 31.8 Å². The topological polar surface area (TPSA) is 91.1 Å². The fourth-order valence-electron chi connectivity index (χ4n) is 3.83. The predicted octanol–water partition coefficient (Wildman–Crippen LogP) is 4.94. The third-order valence-electron chi connectivity index (χ3n) is 5.97. The molecular formula is C25H23FN4O3S. The van der Waals surface area contributed by atoms with Gasteiger partial charge in [0.2, 0.25) is 10.0 Å². The van der Waals surface area contributed by atoms with Crippen LogP contribution in [0.4, 0.5) is 4.39 Å². The second-order valence-corrected chi connectivity index (χ2v) is 10.2. The van der Waals surface area contributed by atoms with Gasteiger partial charge in [0.25, 0.3) is 0 Å². The summed E-state index contributed by atoms with van der Waals surface area (Å²) >= 11 is 0. The SMILES string of the molecule is CC(COc1ccc2[nH]nc(-c3ccc(F)cc3)c2c1)N(C)S(=O)(=O)c1ccc2[nH]ccc2c1. The second kappa shape index (κ2) is 8.58. The van der Waals surface area contributed by atoms with Crippen LogP contribution in [0, 0.1) is 5.82 Å². The number of halogens is 1. The lowest BCUT2D eigenvalue weighted by molar-refractivity contribution is 0.233. The molecule has 7 nitrogen and oxygen atoms in total. The highest BCUT2D eigenvalue weighted by atomic mass is 32.2. The van der Waals surface area contributed by atoms with E-state index in [0.29, 0.717) is 11.4 Å². The van der Waals surface area contributed by atoms with Gasteiger partial charge < -0.3 is 9.72 Å². The molecule has 0 aliphatic heterocycles. The molecule has 0 saturated heterocycles. The molecule has 0 bridgehead atoms. The zero-order valence-electron chi connectivity index (χ0n) is 18.6. The highest BCUT2D eigenvalue weighted by molar-refractivity contribution is 7.89. The van der Waals surface area contributed by atoms with Gasteiger partial charge in [-0.2, -0.15) is 9.40 Å². The maximum atomic E-state index is 13.3. The van der Waals surface area contributed by atoms with Gasteiger partial charge in [-0.3, -0.25) is 5.10 Å². The van der Waals surface area contributed by atoms with Crippen molar-refractivity contribution in [2.45, 2.75) is 17.9 Å². The third kappa shape index (κ3) is 4.04. The molecule has 2 heterocycles. The highest BCUT2D eigenvalue weighted by Crippen LogP contribution is 2.30. The lowest BCUT2D eigenvalue weighted by atomic mass is 10.1. The maximum Gasteiger partial charge on any atom is 0.243 e. The Morgan fingerprint density at radius 1 is 1.03 bits per heavy atom. The number of H-pyrrole nitrogens is 2. The number of aromatic amines is 2. The number of hydrogen-bond donors (Lipinski definition) is 2. The Labute approximate surface area is 196 Å². The van der Waals surface area contributed by atoms with Crippen molar-refractivity contribution in [2.75, 3.05) is 13.7 Å². The van der Waals surface area contributed by atoms with Gasteiger partial charge in [0.05, 0.1) is 16.5 Å². The zero-order valence-corrected chi connectivity index (χ0v) is 19.4. The van der Waals surface area contributed by atoms with Crippen molar-refractivity contribution in [1.29, 1.82) is 0 Å². The van der Waals surface area contributed by atoms with Crippen molar-refractivity contribution in [2.24, 2.45) is 0 Å². The van der Waals surface area contributed by atoms with E-state index in [1.807, 2.05) is 18.2 Å². The molecule has 5 aromatic rings. The second-order valence-electron chi connectivity index (χ2n) is 8.19. The van der Waals surface area contributed by atoms with Gasteiger partial charge in [0.1, 0.15) is 23.9 Å². The molecule has 2 N–H and O–H groups in total. The minimum absolute atomic E-state index is 0.164. The largest absolute Gasteiger partial charge is 0.492 e. The summed E-state index contributed by atoms with van der Waals surface area (Å²) in [6, 6.07) is 18.1. The summed E-state index contributed by atoms with van der Waals surface area (Å²) in [5, 5.41) is 8.99. The molecule has 0 saturated carbocycles. The Hall–Kier alpha value is -3.69. The number of hydrogen-bond acceptors (Lipinski definition) is 4. The number of nitrogens with zero attached hydrogens (tertiary/aromatic N) is 2. The van der Waals surface area contributed by atoms with E-state index < -0.39 is 16.1 Å². The monoisotopic (exact) mass is 478 g/mol. The number of fused-ring (bicyclic) bond motifs is 2. The number of sulfonamides is 1. The molecule has 0 radical (unpaired) electrons. The quantitative estimate of drug-likeness (QED) is 0.347. The summed E-state index contributed by atoms with van der Waals surface area (Å²) in [5.41, 5.74) is 3.17. The molecule has 9 heteroatoms. The fourth-order valence-corrected chi connectivity index (χ4v) is 5.21. The summed E-state index contributed by atoms with van der Waals surface area (Å²) < 4.78 is 46.8. The Morgan fingerprint density at radius 2 is 1.79 bits per heavy atom. The van der Waals surface area contributed by atoms with Gasteiger partial charge in [0, 0.05) is 35.1 Å². The summed E-state index contributed by atoms with van der Waals surface area (Å²) in [6.07, 6.45) is 1.78. The first-order valence-corrected chi connectivity index (χ1v) is 12.2. The molecule has 0 spiro atoms. The fraction of sp³-hybridized carbons (Fsp3) is 0.160. The third-order valence-corrected chi connectivity index (χ3v) is 7.93. The van der Waals surface area contributed by atoms with E-state index in [0.717, 1.165) is 27.4 Å². The van der Waals surface area contributed by atoms with E-state index >= 15 is 0 Å². The minimum atomic E-state index is -3.69. The average Bonchev–Trinajstić information content (AvgIpc) is 3.48. The molecule has 0 aliphatic rings. The molecule has 0 aliphatic carbocycles. The predicted molar refractivity (Wildman–Crippen MR) is 130 cm³/mol. The van der Waals surface area contributed by atoms with Crippen LogP contribution in [0.15, 0.2) is 77.8 Å². The van der Waals surface area contributed by atoms with Crippen LogP contribution in [0.2, 0.25) is 0 Å². The van der Waals surface area contributed by atoms with Gasteiger partial charge in [-0.25, -0.2) is 12.8 Å². The van der Waals surface area contributed by atoms with Crippen molar-refractivity contribution in [3.63, 3.8) is 0 Å². The van der Waals surface area contributed by atoms with E-state index in [2.05, 4.69) is 15.2 Å². The minimum Gasteiger partial charge on any atom is -0.492 e. The summed E-state index contributed by atoms with van der Waals surface area (Å²) in [5.74, 6) is 0.275. The number of rotatable bonds is 7. The normalized spacial score (nSPS) is 13.1. The molecular weight excluding hydrogens is 455 g/mol. The van der Waals surface area contributed by atoms with Crippen molar-refractivity contribution in [3.8, 4) is 17.0 Å². The molecule has 0 amide bonds. The number of likely N-dealkylation sites (N-methyl/N-ethyl adjacent to an activating group) is 1. The van der Waals surface area contributed by atoms with Crippen LogP contribution in [0.3, 0.4) is 0 Å². The number of aromatic nitrogens is 3. The zero-order chi connectivity index (χ0) is 23.9. The average molecular weight is 479 g/mol. The molecule has 174 valence electrons. The standard InChI is InChI=1S/C25H23FN4O3S/c1-16(30(2)34(31,32)21-8-10-23-18(13-21)11-12-27-23)15-33-20-7-9-24-22(14-20)25(29-28-24)17-3-5-19(26)6-4-17/h3-14,16,27H,15H2,1-2H3,(H,28,29). The van der Waals surface area contributed by atoms with Crippen molar-refractivity contribution in [3.05, 3.63) is 78.7 Å². The number of benzene rings is 3. The first kappa shape index (κ1) is 22.1. The lowest BCUT2D eigenvalue weighted by Gasteiger charge is -2.24. The Bertz CT molecular complexity index is 1580. The van der Waals surface area contributed by atoms with Crippen molar-refractivity contribution in [1.82, 2.24) is 19.5 Å². The Kier molecular flexibility index (Phi) is 5.59. The Morgan fingerprint density at radius 3 is 2.59 bits per heavy atom. The molecule has 2 aromatic heterocycles. The van der Waals surface area contributed by atoms with Gasteiger partial charge in [-0.15, -0.1) is 0 Å². The number of ether oxygens (including phenoxy) is 1. The van der Waals surface area contributed by atoms with Crippen molar-refractivity contribution < 1.29 is 17.5 Å². The smallest absolute Gasteiger partial charge is 0.243 e. The van der Waals surface area contributed by atoms with Crippen LogP contribution in [-0.2, 0) is 10.0 Å². The van der Waals surface area contributed by atoms with E-state index in [4.69, 9.17) is 4.74 Å². The molecule has 5 rings (SSSR count). The van der Waals surface area contributed by atoms with Crippen LogP contribution in [0.25, 0.3) is 33.1 Å². The lowest BCUT2D eigenvalue weighted by Crippen LogP contribution is -2.38. The maximum absolute atomic E-state index is 13.3. The van der Waals surface area contributed by atoms with E-state index in [-0.39, 0.29) is 17.3 Å². The highest BCUT2D eigenvalue weighted by Gasteiger charge is 2.26. The van der Waals surface area contributed by atoms with Gasteiger partial charge >= 0.3 is 0 Å². The molecule has 1 unspecified atom stereocenters. The molecule has 1 atom stereocenters. The van der Waals surface area contributed by atoms with Crippen LogP contribution in [-0.4, -0.2) is 47.6 Å². The van der Waals surface area contributed by atoms with Crippen LogP contribution < -0.4 is 4.74 Å². The molecule has 0 fully saturated rings. The number of nitrogens with one attached hydrogen (secondary N) is 2. The van der Waals surface area contributed by atoms with E-state index in [1.165, 1.54) is 16.4 Å². The first-order chi connectivity index (χ1) is 16.3. The summed E-state index contributed by atoms with van der Waals surface area (Å²) in [7, 11) is -2.14.